The van der Waals surface area contributed by atoms with Crippen molar-refractivity contribution >= 4 is 5.84 Å². The fourth-order valence-electron chi connectivity index (χ4n) is 0.610. The zero-order chi connectivity index (χ0) is 8.43. The van der Waals surface area contributed by atoms with E-state index >= 15 is 0 Å². The molecule has 6 nitrogen and oxygen atoms in total. The smallest absolute Gasteiger partial charge is 0.325 e. The fraction of sp³-hybridized carbons (Fsp3) is 0. The number of nitrogens with one attached hydrogen (secondary N) is 3. The highest BCUT2D eigenvalue weighted by Crippen LogP contribution is 1.78. The van der Waals surface area contributed by atoms with Gasteiger partial charge in [0, 0.05) is 6.20 Å². The predicted octanol–water partition coefficient (Wildman–Crippen LogP) is -1.65. The zero-order valence-corrected chi connectivity index (χ0v) is 5.47. The molecule has 0 spiro atoms. The standard InChI is InChI=1S/C5H6N4O2/c6-3(7)2-1-8-5(11)9-4(2)10/h1H,(H3,6,7)(H2,8,9,10,11). The summed E-state index contributed by atoms with van der Waals surface area (Å²) in [5.41, 5.74) is 3.71. The van der Waals surface area contributed by atoms with E-state index in [4.69, 9.17) is 11.1 Å². The Morgan fingerprint density at radius 3 is 2.64 bits per heavy atom. The number of rotatable bonds is 1. The van der Waals surface area contributed by atoms with E-state index in [1.807, 2.05) is 4.98 Å². The van der Waals surface area contributed by atoms with Crippen molar-refractivity contribution in [3.8, 4) is 0 Å². The van der Waals surface area contributed by atoms with Gasteiger partial charge >= 0.3 is 5.69 Å². The molecule has 0 amide bonds. The van der Waals surface area contributed by atoms with Gasteiger partial charge in [-0.1, -0.05) is 0 Å². The first kappa shape index (κ1) is 7.26. The van der Waals surface area contributed by atoms with Crippen LogP contribution in [0.15, 0.2) is 15.8 Å². The monoisotopic (exact) mass is 154 g/mol. The van der Waals surface area contributed by atoms with E-state index in [0.29, 0.717) is 0 Å². The summed E-state index contributed by atoms with van der Waals surface area (Å²) < 4.78 is 0. The summed E-state index contributed by atoms with van der Waals surface area (Å²) >= 11 is 0. The van der Waals surface area contributed by atoms with Crippen molar-refractivity contribution in [2.75, 3.05) is 0 Å². The molecule has 0 aliphatic rings. The molecule has 0 radical (unpaired) electrons. The van der Waals surface area contributed by atoms with Gasteiger partial charge in [-0.05, 0) is 0 Å². The first-order chi connectivity index (χ1) is 5.11. The van der Waals surface area contributed by atoms with Gasteiger partial charge in [-0.15, -0.1) is 0 Å². The van der Waals surface area contributed by atoms with Crippen LogP contribution < -0.4 is 17.0 Å². The van der Waals surface area contributed by atoms with Crippen LogP contribution in [0.2, 0.25) is 0 Å². The maximum absolute atomic E-state index is 10.8. The van der Waals surface area contributed by atoms with E-state index in [0.717, 1.165) is 6.20 Å². The number of hydrogen-bond donors (Lipinski definition) is 4. The summed E-state index contributed by atoms with van der Waals surface area (Å²) in [7, 11) is 0. The van der Waals surface area contributed by atoms with Crippen LogP contribution in [0.25, 0.3) is 0 Å². The first-order valence-electron chi connectivity index (χ1n) is 2.77. The molecule has 0 saturated heterocycles. The molecule has 0 unspecified atom stereocenters. The molecule has 58 valence electrons. The quantitative estimate of drug-likeness (QED) is 0.287. The minimum atomic E-state index is -0.652. The molecule has 5 N–H and O–H groups in total. The van der Waals surface area contributed by atoms with Gasteiger partial charge in [0.15, 0.2) is 0 Å². The van der Waals surface area contributed by atoms with Gasteiger partial charge in [-0.25, -0.2) is 4.79 Å². The van der Waals surface area contributed by atoms with Crippen LogP contribution in [-0.4, -0.2) is 15.8 Å². The molecule has 1 aromatic heterocycles. The Morgan fingerprint density at radius 1 is 1.55 bits per heavy atom. The van der Waals surface area contributed by atoms with E-state index in [1.54, 1.807) is 0 Å². The van der Waals surface area contributed by atoms with Crippen LogP contribution >= 0.6 is 0 Å². The van der Waals surface area contributed by atoms with Crippen LogP contribution in [0.3, 0.4) is 0 Å². The van der Waals surface area contributed by atoms with E-state index < -0.39 is 11.2 Å². The van der Waals surface area contributed by atoms with Crippen molar-refractivity contribution in [1.29, 1.82) is 5.41 Å². The molecule has 0 atom stereocenters. The van der Waals surface area contributed by atoms with Gasteiger partial charge in [-0.2, -0.15) is 0 Å². The SMILES string of the molecule is N=C(N)c1c[nH]c(=O)[nH]c1=O. The van der Waals surface area contributed by atoms with Gasteiger partial charge in [-0.3, -0.25) is 15.2 Å². The molecule has 1 aromatic rings. The van der Waals surface area contributed by atoms with Crippen LogP contribution in [-0.2, 0) is 0 Å². The lowest BCUT2D eigenvalue weighted by Crippen LogP contribution is -2.29. The number of nitrogen functional groups attached to an aromatic ring is 1. The first-order valence-corrected chi connectivity index (χ1v) is 2.77. The highest BCUT2D eigenvalue weighted by Gasteiger charge is 2.00. The molecule has 11 heavy (non-hydrogen) atoms. The average Bonchev–Trinajstić information content (AvgIpc) is 1.85. The van der Waals surface area contributed by atoms with Crippen molar-refractivity contribution in [3.05, 3.63) is 32.6 Å². The Labute approximate surface area is 60.6 Å². The molecule has 0 bridgehead atoms. The van der Waals surface area contributed by atoms with Crippen LogP contribution in [0.1, 0.15) is 5.56 Å². The molecule has 1 rings (SSSR count). The molecule has 0 aliphatic carbocycles. The topological polar surface area (TPSA) is 116 Å². The Balaban J connectivity index is 3.43. The molecule has 0 saturated carbocycles. The second-order valence-electron chi connectivity index (χ2n) is 1.90. The Bertz CT molecular complexity index is 388. The minimum absolute atomic E-state index is 0.0374. The summed E-state index contributed by atoms with van der Waals surface area (Å²) in [6.45, 7) is 0. The van der Waals surface area contributed by atoms with Crippen molar-refractivity contribution in [2.45, 2.75) is 0 Å². The second kappa shape index (κ2) is 2.41. The lowest BCUT2D eigenvalue weighted by atomic mass is 10.3. The molecule has 6 heteroatoms. The van der Waals surface area contributed by atoms with Gasteiger partial charge < -0.3 is 10.7 Å². The Kier molecular flexibility index (Phi) is 1.59. The van der Waals surface area contributed by atoms with E-state index in [1.165, 1.54) is 0 Å². The van der Waals surface area contributed by atoms with Crippen LogP contribution in [0.4, 0.5) is 0 Å². The van der Waals surface area contributed by atoms with Crippen molar-refractivity contribution in [2.24, 2.45) is 5.73 Å². The molecular formula is C5H6N4O2. The highest BCUT2D eigenvalue weighted by molar-refractivity contribution is 5.94. The lowest BCUT2D eigenvalue weighted by Gasteiger charge is -1.92. The summed E-state index contributed by atoms with van der Waals surface area (Å²) in [6.07, 6.45) is 1.10. The molecule has 1 heterocycles. The Morgan fingerprint density at radius 2 is 2.18 bits per heavy atom. The number of hydrogen-bond acceptors (Lipinski definition) is 3. The predicted molar refractivity (Wildman–Crippen MR) is 38.7 cm³/mol. The molecular weight excluding hydrogens is 148 g/mol. The van der Waals surface area contributed by atoms with Crippen LogP contribution in [0.5, 0.6) is 0 Å². The van der Waals surface area contributed by atoms with Crippen molar-refractivity contribution < 1.29 is 0 Å². The third-order valence-corrected chi connectivity index (χ3v) is 1.11. The van der Waals surface area contributed by atoms with Gasteiger partial charge in [0.1, 0.15) is 5.84 Å². The normalized spacial score (nSPS) is 9.45. The number of nitrogens with two attached hydrogens (primary N) is 1. The summed E-state index contributed by atoms with van der Waals surface area (Å²) in [5.74, 6) is -0.373. The average molecular weight is 154 g/mol. The maximum Gasteiger partial charge on any atom is 0.325 e. The fourth-order valence-corrected chi connectivity index (χ4v) is 0.610. The third-order valence-electron chi connectivity index (χ3n) is 1.11. The van der Waals surface area contributed by atoms with Crippen molar-refractivity contribution in [3.63, 3.8) is 0 Å². The summed E-state index contributed by atoms with van der Waals surface area (Å²) in [5, 5.41) is 6.88. The maximum atomic E-state index is 10.8. The van der Waals surface area contributed by atoms with Gasteiger partial charge in [0.05, 0.1) is 5.56 Å². The van der Waals surface area contributed by atoms with E-state index in [9.17, 15) is 9.59 Å². The highest BCUT2D eigenvalue weighted by atomic mass is 16.2. The minimum Gasteiger partial charge on any atom is -0.383 e. The second-order valence-corrected chi connectivity index (χ2v) is 1.90. The summed E-state index contributed by atoms with van der Waals surface area (Å²) in [4.78, 5) is 25.4. The third kappa shape index (κ3) is 1.34. The van der Waals surface area contributed by atoms with E-state index in [2.05, 4.69) is 4.98 Å². The van der Waals surface area contributed by atoms with E-state index in [-0.39, 0.29) is 11.4 Å². The van der Waals surface area contributed by atoms with Gasteiger partial charge in [0.25, 0.3) is 5.56 Å². The molecule has 0 aliphatic heterocycles. The number of aromatic nitrogens is 2. The van der Waals surface area contributed by atoms with Crippen molar-refractivity contribution in [1.82, 2.24) is 9.97 Å². The largest absolute Gasteiger partial charge is 0.383 e. The lowest BCUT2D eigenvalue weighted by molar-refractivity contribution is 1.03. The Hall–Kier alpha value is -1.85. The van der Waals surface area contributed by atoms with Crippen LogP contribution in [0, 0.1) is 5.41 Å². The zero-order valence-electron chi connectivity index (χ0n) is 5.47. The number of amidine groups is 1. The molecule has 0 aromatic carbocycles. The number of H-pyrrole nitrogens is 2. The molecule has 0 fully saturated rings. The van der Waals surface area contributed by atoms with Gasteiger partial charge in [0.2, 0.25) is 0 Å². The number of aromatic amines is 2. The summed E-state index contributed by atoms with van der Waals surface area (Å²) in [6, 6.07) is 0.